The molecule has 1 atom stereocenters. The number of aromatic nitrogens is 3. The molecule has 0 saturated heterocycles. The summed E-state index contributed by atoms with van der Waals surface area (Å²) >= 11 is 0. The molecule has 0 radical (unpaired) electrons. The molecule has 9 heteroatoms. The average molecular weight is 623 g/mol. The van der Waals surface area contributed by atoms with Crippen LogP contribution in [-0.2, 0) is 4.79 Å². The third kappa shape index (κ3) is 9.96. The molecule has 3 aromatic rings. The first kappa shape index (κ1) is 35.4. The smallest absolute Gasteiger partial charge is 0.172 e. The summed E-state index contributed by atoms with van der Waals surface area (Å²) in [7, 11) is 0. The second kappa shape index (κ2) is 18.0. The highest BCUT2D eigenvalue weighted by atomic mass is 16.5. The van der Waals surface area contributed by atoms with Gasteiger partial charge in [-0.05, 0) is 75.4 Å². The van der Waals surface area contributed by atoms with Crippen LogP contribution < -0.4 is 19.7 Å². The normalized spacial score (nSPS) is 15.3. The summed E-state index contributed by atoms with van der Waals surface area (Å²) in [6.45, 7) is 16.5. The fraction of sp³-hybridized carbons (Fsp3) is 0.351. The van der Waals surface area contributed by atoms with Crippen LogP contribution in [0.5, 0.6) is 11.5 Å². The number of fused-ring (bicyclic) bond motifs is 2. The van der Waals surface area contributed by atoms with E-state index in [9.17, 15) is 4.79 Å². The van der Waals surface area contributed by atoms with Gasteiger partial charge in [0.05, 0.1) is 12.1 Å². The number of hydrogen-bond acceptors (Lipinski definition) is 9. The third-order valence-electron chi connectivity index (χ3n) is 7.17. The number of rotatable bonds is 10. The van der Waals surface area contributed by atoms with E-state index in [-0.39, 0.29) is 5.78 Å². The Labute approximate surface area is 273 Å². The molecule has 0 aliphatic carbocycles. The van der Waals surface area contributed by atoms with Crippen LogP contribution in [0.25, 0.3) is 11.0 Å². The fourth-order valence-electron chi connectivity index (χ4n) is 4.86. The molecule has 242 valence electrons. The van der Waals surface area contributed by atoms with Crippen molar-refractivity contribution in [3.05, 3.63) is 85.2 Å². The van der Waals surface area contributed by atoms with E-state index < -0.39 is 0 Å². The third-order valence-corrected chi connectivity index (χ3v) is 7.17. The van der Waals surface area contributed by atoms with Crippen molar-refractivity contribution in [3.8, 4) is 24.3 Å². The van der Waals surface area contributed by atoms with Crippen LogP contribution in [0.1, 0.15) is 52.5 Å². The van der Waals surface area contributed by atoms with E-state index >= 15 is 0 Å². The molecule has 2 aromatic heterocycles. The molecular formula is C37H46N6O3. The first-order valence-electron chi connectivity index (χ1n) is 15.6. The van der Waals surface area contributed by atoms with Crippen LogP contribution >= 0.6 is 0 Å². The lowest BCUT2D eigenvalue weighted by Gasteiger charge is -2.24. The van der Waals surface area contributed by atoms with E-state index in [1.165, 1.54) is 25.8 Å². The van der Waals surface area contributed by atoms with Crippen LogP contribution in [0.2, 0.25) is 0 Å². The van der Waals surface area contributed by atoms with E-state index in [4.69, 9.17) is 14.5 Å². The zero-order valence-electron chi connectivity index (χ0n) is 27.7. The van der Waals surface area contributed by atoms with Gasteiger partial charge in [0, 0.05) is 43.5 Å². The molecule has 1 unspecified atom stereocenters. The summed E-state index contributed by atoms with van der Waals surface area (Å²) in [4.78, 5) is 28.3. The first-order valence-corrected chi connectivity index (χ1v) is 15.6. The first-order chi connectivity index (χ1) is 22.3. The van der Waals surface area contributed by atoms with Gasteiger partial charge < -0.3 is 24.6 Å². The van der Waals surface area contributed by atoms with Crippen molar-refractivity contribution in [2.75, 3.05) is 36.5 Å². The number of unbranched alkanes of at least 4 members (excludes halogenated alkanes) is 2. The van der Waals surface area contributed by atoms with Crippen LogP contribution in [0.3, 0.4) is 0 Å². The second-order valence-electron chi connectivity index (χ2n) is 11.1. The van der Waals surface area contributed by atoms with Crippen LogP contribution in [0, 0.1) is 25.7 Å². The lowest BCUT2D eigenvalue weighted by Crippen LogP contribution is -2.30. The molecule has 4 heterocycles. The number of anilines is 3. The van der Waals surface area contributed by atoms with Crippen molar-refractivity contribution < 1.29 is 14.3 Å². The van der Waals surface area contributed by atoms with E-state index in [2.05, 4.69) is 70.5 Å². The van der Waals surface area contributed by atoms with Crippen molar-refractivity contribution >= 4 is 34.1 Å². The van der Waals surface area contributed by atoms with E-state index in [0.29, 0.717) is 18.3 Å². The number of nitrogens with zero attached hydrogens (tertiary/aromatic N) is 5. The molecule has 0 bridgehead atoms. The zero-order valence-corrected chi connectivity index (χ0v) is 27.7. The average Bonchev–Trinajstić information content (AvgIpc) is 3.21. The minimum atomic E-state index is 0.0185. The highest BCUT2D eigenvalue weighted by Gasteiger charge is 2.24. The van der Waals surface area contributed by atoms with E-state index in [1.807, 2.05) is 56.6 Å². The van der Waals surface area contributed by atoms with Crippen LogP contribution in [-0.4, -0.2) is 51.9 Å². The van der Waals surface area contributed by atoms with Gasteiger partial charge in [0.25, 0.3) is 0 Å². The molecule has 2 aliphatic heterocycles. The van der Waals surface area contributed by atoms with Gasteiger partial charge in [-0.3, -0.25) is 4.79 Å². The van der Waals surface area contributed by atoms with Crippen LogP contribution in [0.4, 0.5) is 17.3 Å². The summed E-state index contributed by atoms with van der Waals surface area (Å²) in [6.07, 6.45) is 24.5. The van der Waals surface area contributed by atoms with E-state index in [0.717, 1.165) is 71.4 Å². The van der Waals surface area contributed by atoms with Gasteiger partial charge in [-0.1, -0.05) is 39.3 Å². The maximum atomic E-state index is 9.69. The molecule has 0 saturated carbocycles. The van der Waals surface area contributed by atoms with Gasteiger partial charge >= 0.3 is 0 Å². The predicted octanol–water partition coefficient (Wildman–Crippen LogP) is 7.74. The summed E-state index contributed by atoms with van der Waals surface area (Å²) in [5.41, 5.74) is 3.42. The Kier molecular flexibility index (Phi) is 13.9. The molecule has 2 aliphatic rings. The van der Waals surface area contributed by atoms with Gasteiger partial charge in [-0.25, -0.2) is 15.0 Å². The molecule has 0 spiro atoms. The number of pyridine rings is 1. The van der Waals surface area contributed by atoms with Gasteiger partial charge in [-0.2, -0.15) is 0 Å². The molecule has 46 heavy (non-hydrogen) atoms. The number of terminal acetylenes is 1. The lowest BCUT2D eigenvalue weighted by molar-refractivity contribution is -0.112. The fourth-order valence-corrected chi connectivity index (χ4v) is 4.86. The number of benzene rings is 1. The highest BCUT2D eigenvalue weighted by Crippen LogP contribution is 2.35. The second-order valence-corrected chi connectivity index (χ2v) is 11.1. The maximum Gasteiger partial charge on any atom is 0.172 e. The van der Waals surface area contributed by atoms with Gasteiger partial charge in [-0.15, -0.1) is 12.8 Å². The van der Waals surface area contributed by atoms with Gasteiger partial charge in [0.1, 0.15) is 23.4 Å². The molecule has 5 rings (SSSR count). The summed E-state index contributed by atoms with van der Waals surface area (Å²) < 4.78 is 12.3. The minimum absolute atomic E-state index is 0.0185. The lowest BCUT2D eigenvalue weighted by atomic mass is 10.1. The summed E-state index contributed by atoms with van der Waals surface area (Å²) in [6, 6.07) is 8.05. The standard InChI is InChI=1S/C31H38N6O2.C4H6O.C2H2/c1-5-7-8-14-37-19-22(3)20-38-28-18-26-29(35-31(28)37)30(33-21-32-26)34-24-9-10-27(23(4)17-24)39-25-11-15-36(13-6-2)16-12-25;1-3-4(2)5;1-2/h6,9-13,15,17-18,21-22H,5,7-8,14,16,19-20H2,1-4H3,(H,32,33,34);3H,1H2,2H3;1-2H/b13-6-;;. The molecule has 0 amide bonds. The monoisotopic (exact) mass is 622 g/mol. The van der Waals surface area contributed by atoms with Crippen molar-refractivity contribution in [3.63, 3.8) is 0 Å². The SMILES string of the molecule is C#C.C/C=C\N1C=CC(Oc2ccc(Nc3ncnc4cc5c(nc34)N(CCCCC)CC(C)CO5)cc2C)=CC1.C=CC(C)=O. The maximum absolute atomic E-state index is 9.69. The Balaban J connectivity index is 0.000000752. The highest BCUT2D eigenvalue weighted by molar-refractivity contribution is 5.90. The number of carbonyl (C=O) groups excluding carboxylic acids is 1. The summed E-state index contributed by atoms with van der Waals surface area (Å²) in [5, 5.41) is 3.47. The number of allylic oxidation sites excluding steroid dienone is 3. The quantitative estimate of drug-likeness (QED) is 0.138. The predicted molar refractivity (Wildman–Crippen MR) is 188 cm³/mol. The van der Waals surface area contributed by atoms with Crippen LogP contribution in [0.15, 0.2) is 79.6 Å². The number of aryl methyl sites for hydroxylation is 1. The molecule has 1 aromatic carbocycles. The zero-order chi connectivity index (χ0) is 33.5. The number of ether oxygens (including phenoxy) is 2. The Morgan fingerprint density at radius 3 is 2.67 bits per heavy atom. The molecular weight excluding hydrogens is 576 g/mol. The van der Waals surface area contributed by atoms with E-state index in [1.54, 1.807) is 6.33 Å². The Hall–Kier alpha value is -5.10. The number of nitrogens with one attached hydrogen (secondary N) is 1. The van der Waals surface area contributed by atoms with Gasteiger partial charge in [0.2, 0.25) is 0 Å². The Morgan fingerprint density at radius 2 is 2.02 bits per heavy atom. The Morgan fingerprint density at radius 1 is 1.24 bits per heavy atom. The molecule has 9 nitrogen and oxygen atoms in total. The molecule has 1 N–H and O–H groups in total. The van der Waals surface area contributed by atoms with Crippen molar-refractivity contribution in [1.29, 1.82) is 0 Å². The summed E-state index contributed by atoms with van der Waals surface area (Å²) in [5.74, 6) is 4.44. The van der Waals surface area contributed by atoms with Crippen molar-refractivity contribution in [1.82, 2.24) is 19.9 Å². The van der Waals surface area contributed by atoms with Crippen molar-refractivity contribution in [2.45, 2.75) is 53.9 Å². The Bertz CT molecular complexity index is 1590. The largest absolute Gasteiger partial charge is 0.489 e. The van der Waals surface area contributed by atoms with Crippen molar-refractivity contribution in [2.24, 2.45) is 5.92 Å². The number of hydrogen-bond donors (Lipinski definition) is 1. The molecule has 0 fully saturated rings. The number of carbonyl (C=O) groups is 1. The topological polar surface area (TPSA) is 92.7 Å². The van der Waals surface area contributed by atoms with Gasteiger partial charge in [0.15, 0.2) is 23.2 Å². The number of ketones is 1. The minimum Gasteiger partial charge on any atom is -0.489 e.